The Morgan fingerprint density at radius 1 is 1.13 bits per heavy atom. The Morgan fingerprint density at radius 2 is 1.96 bits per heavy atom. The van der Waals surface area contributed by atoms with E-state index in [1.807, 2.05) is 30.5 Å². The summed E-state index contributed by atoms with van der Waals surface area (Å²) in [5.74, 6) is 3.35. The van der Waals surface area contributed by atoms with E-state index >= 15 is 0 Å². The van der Waals surface area contributed by atoms with Crippen LogP contribution in [0, 0.1) is 0 Å². The highest BCUT2D eigenvalue weighted by Gasteiger charge is 2.10. The Balaban J connectivity index is 1.62. The molecule has 2 aromatic heterocycles. The summed E-state index contributed by atoms with van der Waals surface area (Å²) in [5, 5.41) is 8.51. The zero-order valence-electron chi connectivity index (χ0n) is 12.7. The lowest BCUT2D eigenvalue weighted by Gasteiger charge is -1.99. The summed E-state index contributed by atoms with van der Waals surface area (Å²) < 4.78 is 16.2. The van der Waals surface area contributed by atoms with Gasteiger partial charge in [0, 0.05) is 11.3 Å². The number of ether oxygens (including phenoxy) is 1. The highest BCUT2D eigenvalue weighted by Crippen LogP contribution is 2.25. The first kappa shape index (κ1) is 15.9. The first-order valence-electron chi connectivity index (χ1n) is 6.81. The second kappa shape index (κ2) is 7.56. The lowest BCUT2D eigenvalue weighted by Crippen LogP contribution is -1.84. The summed E-state index contributed by atoms with van der Waals surface area (Å²) in [4.78, 5) is 4.47. The fourth-order valence-electron chi connectivity index (χ4n) is 1.85. The second-order valence-corrected chi connectivity index (χ2v) is 6.35. The van der Waals surface area contributed by atoms with Gasteiger partial charge in [-0.1, -0.05) is 11.8 Å². The zero-order valence-corrected chi connectivity index (χ0v) is 14.3. The molecular weight excluding hydrogens is 334 g/mol. The van der Waals surface area contributed by atoms with Gasteiger partial charge in [0.2, 0.25) is 11.8 Å². The maximum absolute atomic E-state index is 5.52. The van der Waals surface area contributed by atoms with Crippen LogP contribution in [0.1, 0.15) is 11.6 Å². The van der Waals surface area contributed by atoms with Gasteiger partial charge in [-0.25, -0.2) is 4.98 Å². The third-order valence-electron chi connectivity index (χ3n) is 2.95. The lowest BCUT2D eigenvalue weighted by atomic mass is 10.2. The van der Waals surface area contributed by atoms with Crippen molar-refractivity contribution in [2.75, 3.05) is 13.4 Å². The molecule has 0 aliphatic carbocycles. The van der Waals surface area contributed by atoms with Crippen LogP contribution < -0.4 is 4.74 Å². The molecule has 0 saturated heterocycles. The van der Waals surface area contributed by atoms with Crippen LogP contribution in [0.2, 0.25) is 0 Å². The van der Waals surface area contributed by atoms with Gasteiger partial charge in [0.05, 0.1) is 18.6 Å². The fourth-order valence-corrected chi connectivity index (χ4v) is 2.87. The number of aromatic nitrogens is 3. The van der Waals surface area contributed by atoms with Gasteiger partial charge in [-0.3, -0.25) is 0 Å². The third kappa shape index (κ3) is 4.08. The van der Waals surface area contributed by atoms with Crippen molar-refractivity contribution >= 4 is 23.5 Å². The van der Waals surface area contributed by atoms with Crippen molar-refractivity contribution in [2.24, 2.45) is 0 Å². The molecule has 0 spiro atoms. The molecule has 120 valence electrons. The van der Waals surface area contributed by atoms with Crippen LogP contribution >= 0.6 is 23.5 Å². The smallest absolute Gasteiger partial charge is 0.276 e. The maximum Gasteiger partial charge on any atom is 0.276 e. The first-order valence-corrected chi connectivity index (χ1v) is 9.19. The molecule has 0 N–H and O–H groups in total. The van der Waals surface area contributed by atoms with E-state index in [4.69, 9.17) is 13.6 Å². The number of rotatable bonds is 7. The standard InChI is InChI=1S/C15H15N3O3S2/c1-19-12-5-3-10(4-6-12)14-16-11(7-20-14)8-23-15-18-17-13(21-15)9-22-2/h3-7H,8-9H2,1-2H3. The lowest BCUT2D eigenvalue weighted by molar-refractivity contribution is 0.415. The molecule has 0 aliphatic rings. The van der Waals surface area contributed by atoms with Gasteiger partial charge in [0.1, 0.15) is 12.0 Å². The Hall–Kier alpha value is -1.93. The van der Waals surface area contributed by atoms with Crippen molar-refractivity contribution in [3.05, 3.63) is 42.1 Å². The minimum atomic E-state index is 0.544. The number of oxazole rings is 1. The largest absolute Gasteiger partial charge is 0.497 e. The Morgan fingerprint density at radius 3 is 2.70 bits per heavy atom. The highest BCUT2D eigenvalue weighted by molar-refractivity contribution is 7.98. The molecule has 0 atom stereocenters. The Labute approximate surface area is 142 Å². The molecule has 0 saturated carbocycles. The summed E-state index contributed by atoms with van der Waals surface area (Å²) in [5.41, 5.74) is 1.73. The highest BCUT2D eigenvalue weighted by atomic mass is 32.2. The van der Waals surface area contributed by atoms with Crippen molar-refractivity contribution in [2.45, 2.75) is 16.7 Å². The molecule has 0 radical (unpaired) electrons. The average molecular weight is 349 g/mol. The van der Waals surface area contributed by atoms with Crippen LogP contribution in [-0.4, -0.2) is 28.5 Å². The molecule has 0 fully saturated rings. The molecular formula is C15H15N3O3S2. The number of benzene rings is 1. The van der Waals surface area contributed by atoms with Gasteiger partial charge in [-0.15, -0.1) is 10.2 Å². The minimum absolute atomic E-state index is 0.544. The van der Waals surface area contributed by atoms with E-state index < -0.39 is 0 Å². The van der Waals surface area contributed by atoms with Crippen molar-refractivity contribution in [3.63, 3.8) is 0 Å². The molecule has 0 bridgehead atoms. The summed E-state index contributed by atoms with van der Waals surface area (Å²) in [6, 6.07) is 7.57. The van der Waals surface area contributed by atoms with Crippen molar-refractivity contribution in [1.82, 2.24) is 15.2 Å². The van der Waals surface area contributed by atoms with Crippen LogP contribution in [0.25, 0.3) is 11.5 Å². The topological polar surface area (TPSA) is 74.2 Å². The average Bonchev–Trinajstić information content (AvgIpc) is 3.23. The van der Waals surface area contributed by atoms with E-state index in [2.05, 4.69) is 15.2 Å². The van der Waals surface area contributed by atoms with E-state index in [-0.39, 0.29) is 0 Å². The zero-order chi connectivity index (χ0) is 16.1. The number of thioether (sulfide) groups is 2. The van der Waals surface area contributed by atoms with Crippen LogP contribution in [0.15, 0.2) is 44.6 Å². The predicted octanol–water partition coefficient (Wildman–Crippen LogP) is 3.89. The van der Waals surface area contributed by atoms with Crippen LogP contribution in [0.4, 0.5) is 0 Å². The summed E-state index contributed by atoms with van der Waals surface area (Å²) in [6.07, 6.45) is 3.64. The van der Waals surface area contributed by atoms with Gasteiger partial charge in [0.25, 0.3) is 5.22 Å². The summed E-state index contributed by atoms with van der Waals surface area (Å²) in [7, 11) is 1.64. The van der Waals surface area contributed by atoms with Crippen molar-refractivity contribution in [3.8, 4) is 17.2 Å². The molecule has 2 heterocycles. The first-order chi connectivity index (χ1) is 11.3. The quantitative estimate of drug-likeness (QED) is 0.595. The normalized spacial score (nSPS) is 10.9. The second-order valence-electron chi connectivity index (χ2n) is 4.56. The molecule has 3 rings (SSSR count). The molecule has 23 heavy (non-hydrogen) atoms. The minimum Gasteiger partial charge on any atom is -0.497 e. The summed E-state index contributed by atoms with van der Waals surface area (Å²) >= 11 is 3.09. The molecule has 3 aromatic rings. The molecule has 6 nitrogen and oxygen atoms in total. The van der Waals surface area contributed by atoms with Gasteiger partial charge in [-0.2, -0.15) is 11.8 Å². The molecule has 1 aromatic carbocycles. The predicted molar refractivity (Wildman–Crippen MR) is 89.6 cm³/mol. The van der Waals surface area contributed by atoms with Gasteiger partial charge >= 0.3 is 0 Å². The third-order valence-corrected chi connectivity index (χ3v) is 4.34. The molecule has 0 amide bonds. The van der Waals surface area contributed by atoms with Crippen LogP contribution in [-0.2, 0) is 11.5 Å². The van der Waals surface area contributed by atoms with Gasteiger partial charge < -0.3 is 13.6 Å². The molecule has 0 unspecified atom stereocenters. The fraction of sp³-hybridized carbons (Fsp3) is 0.267. The maximum atomic E-state index is 5.52. The monoisotopic (exact) mass is 349 g/mol. The molecule has 0 aliphatic heterocycles. The Bertz CT molecular complexity index is 755. The number of hydrogen-bond donors (Lipinski definition) is 0. The Kier molecular flexibility index (Phi) is 5.24. The van der Waals surface area contributed by atoms with Crippen molar-refractivity contribution < 1.29 is 13.6 Å². The van der Waals surface area contributed by atoms with E-state index in [1.54, 1.807) is 25.1 Å². The van der Waals surface area contributed by atoms with E-state index in [0.29, 0.717) is 22.8 Å². The number of hydrogen-bond acceptors (Lipinski definition) is 8. The molecule has 8 heteroatoms. The van der Waals surface area contributed by atoms with E-state index in [1.165, 1.54) is 11.8 Å². The van der Waals surface area contributed by atoms with E-state index in [9.17, 15) is 0 Å². The van der Waals surface area contributed by atoms with E-state index in [0.717, 1.165) is 22.8 Å². The van der Waals surface area contributed by atoms with Gasteiger partial charge in [-0.05, 0) is 30.5 Å². The van der Waals surface area contributed by atoms with Gasteiger partial charge in [0.15, 0.2) is 0 Å². The number of nitrogens with zero attached hydrogens (tertiary/aromatic N) is 3. The SMILES string of the molecule is COc1ccc(-c2nc(CSc3nnc(CSC)o3)co2)cc1. The summed E-state index contributed by atoms with van der Waals surface area (Å²) in [6.45, 7) is 0. The van der Waals surface area contributed by atoms with Crippen LogP contribution in [0.3, 0.4) is 0 Å². The van der Waals surface area contributed by atoms with Crippen molar-refractivity contribution in [1.29, 1.82) is 0 Å². The van der Waals surface area contributed by atoms with Crippen LogP contribution in [0.5, 0.6) is 5.75 Å². The number of methoxy groups -OCH3 is 1.